The molecule has 0 radical (unpaired) electrons. The summed E-state index contributed by atoms with van der Waals surface area (Å²) in [6.45, 7) is 2.83. The van der Waals surface area contributed by atoms with Crippen molar-refractivity contribution in [3.8, 4) is 0 Å². The van der Waals surface area contributed by atoms with E-state index in [0.29, 0.717) is 18.8 Å². The highest BCUT2D eigenvalue weighted by Crippen LogP contribution is 2.29. The molecule has 1 fully saturated rings. The summed E-state index contributed by atoms with van der Waals surface area (Å²) in [5.41, 5.74) is -0.518. The first-order valence-electron chi connectivity index (χ1n) is 5.72. The van der Waals surface area contributed by atoms with Crippen LogP contribution in [0.15, 0.2) is 18.2 Å². The SMILES string of the molecule is CC(O)(Cc1cc(F)cc(F)c1)C1CCOC1. The molecule has 0 saturated carbocycles. The zero-order valence-electron chi connectivity index (χ0n) is 9.75. The third kappa shape index (κ3) is 3.01. The lowest BCUT2D eigenvalue weighted by Crippen LogP contribution is -2.37. The van der Waals surface area contributed by atoms with E-state index in [4.69, 9.17) is 4.74 Å². The van der Waals surface area contributed by atoms with Crippen LogP contribution in [0.3, 0.4) is 0 Å². The molecule has 1 saturated heterocycles. The summed E-state index contributed by atoms with van der Waals surface area (Å²) in [7, 11) is 0. The third-order valence-corrected chi connectivity index (χ3v) is 3.29. The fourth-order valence-corrected chi connectivity index (χ4v) is 2.30. The van der Waals surface area contributed by atoms with Crippen LogP contribution in [-0.4, -0.2) is 23.9 Å². The summed E-state index contributed by atoms with van der Waals surface area (Å²) < 4.78 is 31.3. The molecule has 0 bridgehead atoms. The first-order chi connectivity index (χ1) is 7.97. The molecule has 2 nitrogen and oxygen atoms in total. The third-order valence-electron chi connectivity index (χ3n) is 3.29. The van der Waals surface area contributed by atoms with Crippen LogP contribution in [0.1, 0.15) is 18.9 Å². The first-order valence-corrected chi connectivity index (χ1v) is 5.72. The molecule has 0 spiro atoms. The van der Waals surface area contributed by atoms with Crippen LogP contribution in [0.25, 0.3) is 0 Å². The van der Waals surface area contributed by atoms with Crippen molar-refractivity contribution in [1.82, 2.24) is 0 Å². The van der Waals surface area contributed by atoms with E-state index in [9.17, 15) is 13.9 Å². The molecule has 2 rings (SSSR count). The smallest absolute Gasteiger partial charge is 0.126 e. The first kappa shape index (κ1) is 12.5. The largest absolute Gasteiger partial charge is 0.389 e. The number of halogens is 2. The minimum Gasteiger partial charge on any atom is -0.389 e. The summed E-state index contributed by atoms with van der Waals surface area (Å²) in [5, 5.41) is 10.3. The second kappa shape index (κ2) is 4.70. The average molecular weight is 242 g/mol. The Labute approximate surface area is 99.2 Å². The summed E-state index contributed by atoms with van der Waals surface area (Å²) in [5.74, 6) is -1.20. The molecule has 0 aromatic heterocycles. The Morgan fingerprint density at radius 3 is 2.53 bits per heavy atom. The van der Waals surface area contributed by atoms with E-state index in [1.165, 1.54) is 12.1 Å². The zero-order valence-corrected chi connectivity index (χ0v) is 9.75. The van der Waals surface area contributed by atoms with Crippen molar-refractivity contribution >= 4 is 0 Å². The summed E-state index contributed by atoms with van der Waals surface area (Å²) in [4.78, 5) is 0. The fourth-order valence-electron chi connectivity index (χ4n) is 2.30. The molecular formula is C13H16F2O2. The highest BCUT2D eigenvalue weighted by atomic mass is 19.1. The summed E-state index contributed by atoms with van der Waals surface area (Å²) in [6, 6.07) is 3.34. The van der Waals surface area contributed by atoms with E-state index in [1.54, 1.807) is 6.92 Å². The van der Waals surface area contributed by atoms with Crippen LogP contribution in [0.4, 0.5) is 8.78 Å². The van der Waals surface area contributed by atoms with Gasteiger partial charge in [0.05, 0.1) is 12.2 Å². The number of benzene rings is 1. The Kier molecular flexibility index (Phi) is 3.45. The maximum Gasteiger partial charge on any atom is 0.126 e. The van der Waals surface area contributed by atoms with Gasteiger partial charge < -0.3 is 9.84 Å². The lowest BCUT2D eigenvalue weighted by atomic mass is 9.83. The van der Waals surface area contributed by atoms with E-state index >= 15 is 0 Å². The molecule has 4 heteroatoms. The summed E-state index contributed by atoms with van der Waals surface area (Å²) in [6.07, 6.45) is 1.01. The van der Waals surface area contributed by atoms with Crippen molar-refractivity contribution in [2.75, 3.05) is 13.2 Å². The summed E-state index contributed by atoms with van der Waals surface area (Å²) >= 11 is 0. The fraction of sp³-hybridized carbons (Fsp3) is 0.538. The Balaban J connectivity index is 2.13. The van der Waals surface area contributed by atoms with Crippen molar-refractivity contribution < 1.29 is 18.6 Å². The van der Waals surface area contributed by atoms with Crippen molar-refractivity contribution in [2.24, 2.45) is 5.92 Å². The van der Waals surface area contributed by atoms with E-state index < -0.39 is 17.2 Å². The molecule has 94 valence electrons. The monoisotopic (exact) mass is 242 g/mol. The zero-order chi connectivity index (χ0) is 12.5. The van der Waals surface area contributed by atoms with Crippen LogP contribution in [0.5, 0.6) is 0 Å². The Morgan fingerprint density at radius 1 is 1.35 bits per heavy atom. The second-order valence-electron chi connectivity index (χ2n) is 4.87. The second-order valence-corrected chi connectivity index (χ2v) is 4.87. The maximum absolute atomic E-state index is 13.0. The highest BCUT2D eigenvalue weighted by Gasteiger charge is 2.34. The van der Waals surface area contributed by atoms with E-state index in [0.717, 1.165) is 12.5 Å². The van der Waals surface area contributed by atoms with Gasteiger partial charge in [0.2, 0.25) is 0 Å². The topological polar surface area (TPSA) is 29.5 Å². The molecule has 17 heavy (non-hydrogen) atoms. The van der Waals surface area contributed by atoms with E-state index in [2.05, 4.69) is 0 Å². The molecule has 0 aliphatic carbocycles. The van der Waals surface area contributed by atoms with Gasteiger partial charge in [0, 0.05) is 25.0 Å². The molecule has 2 unspecified atom stereocenters. The number of hydrogen-bond acceptors (Lipinski definition) is 2. The van der Waals surface area contributed by atoms with Crippen LogP contribution in [-0.2, 0) is 11.2 Å². The molecule has 1 N–H and O–H groups in total. The van der Waals surface area contributed by atoms with Gasteiger partial charge in [-0.2, -0.15) is 0 Å². The van der Waals surface area contributed by atoms with Crippen LogP contribution >= 0.6 is 0 Å². The minimum absolute atomic E-state index is 0.0221. The standard InChI is InChI=1S/C13H16F2O2/c1-13(16,10-2-3-17-8-10)7-9-4-11(14)6-12(15)5-9/h4-6,10,16H,2-3,7-8H2,1H3. The molecule has 1 aliphatic rings. The van der Waals surface area contributed by atoms with Gasteiger partial charge in [-0.25, -0.2) is 8.78 Å². The van der Waals surface area contributed by atoms with Gasteiger partial charge in [-0.1, -0.05) is 0 Å². The molecule has 2 atom stereocenters. The number of aliphatic hydroxyl groups is 1. The predicted octanol–water partition coefficient (Wildman–Crippen LogP) is 2.29. The predicted molar refractivity (Wildman–Crippen MR) is 59.6 cm³/mol. The molecular weight excluding hydrogens is 226 g/mol. The molecule has 1 aromatic carbocycles. The lowest BCUT2D eigenvalue weighted by Gasteiger charge is -2.29. The number of rotatable bonds is 3. The Morgan fingerprint density at radius 2 is 2.00 bits per heavy atom. The van der Waals surface area contributed by atoms with E-state index in [-0.39, 0.29) is 12.3 Å². The van der Waals surface area contributed by atoms with Crippen LogP contribution in [0, 0.1) is 17.6 Å². The van der Waals surface area contributed by atoms with Gasteiger partial charge in [-0.3, -0.25) is 0 Å². The van der Waals surface area contributed by atoms with Gasteiger partial charge in [-0.05, 0) is 31.0 Å². The Hall–Kier alpha value is -1.00. The Bertz CT molecular complexity index is 378. The van der Waals surface area contributed by atoms with Crippen molar-refractivity contribution in [3.05, 3.63) is 35.4 Å². The van der Waals surface area contributed by atoms with Crippen molar-refractivity contribution in [2.45, 2.75) is 25.4 Å². The van der Waals surface area contributed by atoms with Gasteiger partial charge in [-0.15, -0.1) is 0 Å². The minimum atomic E-state index is -0.989. The molecule has 1 aliphatic heterocycles. The maximum atomic E-state index is 13.0. The normalized spacial score (nSPS) is 23.6. The molecule has 1 aromatic rings. The molecule has 1 heterocycles. The number of hydrogen-bond donors (Lipinski definition) is 1. The van der Waals surface area contributed by atoms with Crippen molar-refractivity contribution in [1.29, 1.82) is 0 Å². The van der Waals surface area contributed by atoms with Crippen LogP contribution < -0.4 is 0 Å². The van der Waals surface area contributed by atoms with Gasteiger partial charge >= 0.3 is 0 Å². The van der Waals surface area contributed by atoms with Crippen molar-refractivity contribution in [3.63, 3.8) is 0 Å². The number of ether oxygens (including phenoxy) is 1. The quantitative estimate of drug-likeness (QED) is 0.881. The lowest BCUT2D eigenvalue weighted by molar-refractivity contribution is -0.00461. The van der Waals surface area contributed by atoms with Gasteiger partial charge in [0.15, 0.2) is 0 Å². The van der Waals surface area contributed by atoms with Crippen LogP contribution in [0.2, 0.25) is 0 Å². The van der Waals surface area contributed by atoms with E-state index in [1.807, 2.05) is 0 Å². The average Bonchev–Trinajstić information content (AvgIpc) is 2.67. The van der Waals surface area contributed by atoms with Gasteiger partial charge in [0.1, 0.15) is 11.6 Å². The highest BCUT2D eigenvalue weighted by molar-refractivity contribution is 5.20. The molecule has 0 amide bonds. The van der Waals surface area contributed by atoms with Gasteiger partial charge in [0.25, 0.3) is 0 Å².